The number of carboxylic acids is 1. The van der Waals surface area contributed by atoms with E-state index in [1.165, 1.54) is 6.08 Å². The molecule has 2 saturated carbocycles. The van der Waals surface area contributed by atoms with Crippen molar-refractivity contribution in [2.45, 2.75) is 56.2 Å². The van der Waals surface area contributed by atoms with Crippen LogP contribution in [-0.2, 0) is 4.79 Å². The fourth-order valence-electron chi connectivity index (χ4n) is 5.74. The third kappa shape index (κ3) is 3.36. The molecule has 3 fully saturated rings. The van der Waals surface area contributed by atoms with Crippen LogP contribution in [-0.4, -0.2) is 48.8 Å². The first-order chi connectivity index (χ1) is 15.2. The molecule has 0 spiro atoms. The lowest BCUT2D eigenvalue weighted by Gasteiger charge is -2.30. The number of aliphatic carboxylic acids is 1. The van der Waals surface area contributed by atoms with Crippen molar-refractivity contribution in [1.82, 2.24) is 0 Å². The van der Waals surface area contributed by atoms with Gasteiger partial charge in [0.25, 0.3) is 0 Å². The number of hydrogen-bond acceptors (Lipinski definition) is 6. The number of nitrogen functional groups attached to an aromatic ring is 1. The number of alkyl halides is 1. The zero-order valence-electron chi connectivity index (χ0n) is 18.3. The van der Waals surface area contributed by atoms with Crippen LogP contribution in [0.4, 0.5) is 15.8 Å². The second kappa shape index (κ2) is 7.47. The smallest absolute Gasteiger partial charge is 0.339 e. The van der Waals surface area contributed by atoms with Crippen molar-refractivity contribution < 1.29 is 23.8 Å². The Hall–Kier alpha value is -2.61. The van der Waals surface area contributed by atoms with Gasteiger partial charge >= 0.3 is 5.97 Å². The van der Waals surface area contributed by atoms with Gasteiger partial charge in [-0.1, -0.05) is 6.08 Å². The molecule has 32 heavy (non-hydrogen) atoms. The Labute approximate surface area is 186 Å². The molecule has 1 unspecified atom stereocenters. The Balaban J connectivity index is 1.64. The number of carboxylic acid groups (broad SMARTS) is 1. The third-order valence-corrected chi connectivity index (χ3v) is 7.88. The van der Waals surface area contributed by atoms with Gasteiger partial charge in [-0.25, -0.2) is 9.18 Å². The van der Waals surface area contributed by atoms with Gasteiger partial charge in [0.1, 0.15) is 17.5 Å². The van der Waals surface area contributed by atoms with Gasteiger partial charge in [0.2, 0.25) is 5.78 Å². The van der Waals surface area contributed by atoms with Crippen LogP contribution in [0.3, 0.4) is 0 Å². The molecule has 5 rings (SSSR count). The number of allylic oxidation sites excluding steroid dienone is 1. The van der Waals surface area contributed by atoms with E-state index in [1.807, 2.05) is 0 Å². The summed E-state index contributed by atoms with van der Waals surface area (Å²) in [5, 5.41) is 9.60. The SMILES string of the molecule is COc1c(N2CC[C@@H](C3(N)CC3)C2)cc(N)c2c1[C@@H](C1C[C@@H]1F)CCC=C(C(=O)O)C2=O. The number of carbonyl (C=O) groups is 2. The van der Waals surface area contributed by atoms with E-state index in [4.69, 9.17) is 16.2 Å². The predicted octanol–water partition coefficient (Wildman–Crippen LogP) is 3.02. The lowest BCUT2D eigenvalue weighted by Crippen LogP contribution is -2.34. The van der Waals surface area contributed by atoms with E-state index in [9.17, 15) is 19.1 Å². The molecule has 0 radical (unpaired) electrons. The van der Waals surface area contributed by atoms with E-state index in [2.05, 4.69) is 4.90 Å². The van der Waals surface area contributed by atoms with Crippen molar-refractivity contribution in [3.8, 4) is 5.75 Å². The van der Waals surface area contributed by atoms with E-state index in [-0.39, 0.29) is 34.2 Å². The zero-order chi connectivity index (χ0) is 22.8. The number of nitrogens with zero attached hydrogens (tertiary/aromatic N) is 1. The minimum atomic E-state index is -1.28. The number of nitrogens with two attached hydrogens (primary N) is 2. The van der Waals surface area contributed by atoms with E-state index < -0.39 is 17.9 Å². The van der Waals surface area contributed by atoms with Gasteiger partial charge in [0.15, 0.2) is 0 Å². The molecule has 1 saturated heterocycles. The number of benzene rings is 1. The maximum Gasteiger partial charge on any atom is 0.339 e. The van der Waals surface area contributed by atoms with Gasteiger partial charge in [-0.3, -0.25) is 4.79 Å². The summed E-state index contributed by atoms with van der Waals surface area (Å²) in [6.45, 7) is 1.57. The Morgan fingerprint density at radius 2 is 2.06 bits per heavy atom. The topological polar surface area (TPSA) is 119 Å². The fourth-order valence-corrected chi connectivity index (χ4v) is 5.74. The van der Waals surface area contributed by atoms with E-state index in [0.29, 0.717) is 36.5 Å². The second-order valence-corrected chi connectivity index (χ2v) is 9.82. The van der Waals surface area contributed by atoms with Crippen LogP contribution in [0.25, 0.3) is 0 Å². The number of Topliss-reactive ketones (excluding diaryl/α,β-unsaturated/α-hetero) is 1. The average Bonchev–Trinajstić information content (AvgIpc) is 3.60. The Bertz CT molecular complexity index is 1020. The average molecular weight is 444 g/mol. The highest BCUT2D eigenvalue weighted by molar-refractivity contribution is 6.26. The van der Waals surface area contributed by atoms with Gasteiger partial charge in [0.05, 0.1) is 18.4 Å². The molecule has 1 aliphatic heterocycles. The number of hydrogen-bond donors (Lipinski definition) is 3. The van der Waals surface area contributed by atoms with E-state index in [1.54, 1.807) is 13.2 Å². The highest BCUT2D eigenvalue weighted by atomic mass is 19.1. The van der Waals surface area contributed by atoms with Crippen molar-refractivity contribution in [2.75, 3.05) is 30.8 Å². The first-order valence-electron chi connectivity index (χ1n) is 11.4. The minimum Gasteiger partial charge on any atom is -0.494 e. The van der Waals surface area contributed by atoms with Crippen LogP contribution in [0.15, 0.2) is 17.7 Å². The third-order valence-electron chi connectivity index (χ3n) is 7.88. The van der Waals surface area contributed by atoms with E-state index in [0.717, 1.165) is 38.0 Å². The van der Waals surface area contributed by atoms with E-state index >= 15 is 0 Å². The Kier molecular flexibility index (Phi) is 4.96. The van der Waals surface area contributed by atoms with Crippen molar-refractivity contribution >= 4 is 23.1 Å². The van der Waals surface area contributed by atoms with Crippen LogP contribution in [0, 0.1) is 11.8 Å². The van der Waals surface area contributed by atoms with Crippen molar-refractivity contribution in [2.24, 2.45) is 17.6 Å². The maximum atomic E-state index is 14.2. The summed E-state index contributed by atoms with van der Waals surface area (Å²) in [5.74, 6) is -1.48. The molecular weight excluding hydrogens is 413 g/mol. The number of methoxy groups -OCH3 is 1. The number of carbonyl (C=O) groups excluding carboxylic acids is 1. The van der Waals surface area contributed by atoms with Crippen LogP contribution < -0.4 is 21.1 Å². The van der Waals surface area contributed by atoms with Crippen molar-refractivity contribution in [3.05, 3.63) is 28.8 Å². The molecule has 0 aromatic heterocycles. The molecule has 1 heterocycles. The summed E-state index contributed by atoms with van der Waals surface area (Å²) in [5.41, 5.74) is 14.2. The summed E-state index contributed by atoms with van der Waals surface area (Å²) in [6, 6.07) is 1.71. The molecule has 1 aromatic rings. The van der Waals surface area contributed by atoms with Crippen LogP contribution in [0.1, 0.15) is 60.4 Å². The van der Waals surface area contributed by atoms with Crippen LogP contribution >= 0.6 is 0 Å². The first-order valence-corrected chi connectivity index (χ1v) is 11.4. The van der Waals surface area contributed by atoms with Crippen molar-refractivity contribution in [3.63, 3.8) is 0 Å². The number of fused-ring (bicyclic) bond motifs is 1. The second-order valence-electron chi connectivity index (χ2n) is 9.82. The molecule has 0 amide bonds. The molecular formula is C24H30FN3O4. The molecule has 1 aromatic carbocycles. The van der Waals surface area contributed by atoms with Gasteiger partial charge < -0.3 is 26.2 Å². The van der Waals surface area contributed by atoms with Gasteiger partial charge in [0, 0.05) is 29.9 Å². The van der Waals surface area contributed by atoms with Gasteiger partial charge in [-0.2, -0.15) is 0 Å². The fraction of sp³-hybridized carbons (Fsp3) is 0.583. The number of ether oxygens (including phenoxy) is 1. The standard InChI is InChI=1S/C24H30FN3O4/c1-32-22-18(28-8-5-12(11-28)24(27)6-7-24)10-17(26)20-19(22)13(15-9-16(15)25)3-2-4-14(21(20)29)23(30)31/h4,10,12-13,15-16H,2-3,5-9,11,26-27H2,1H3,(H,30,31)/t12-,13-,15?,16+/m1/s1. The summed E-state index contributed by atoms with van der Waals surface area (Å²) >= 11 is 0. The molecule has 0 bridgehead atoms. The summed E-state index contributed by atoms with van der Waals surface area (Å²) in [6.07, 6.45) is 4.92. The molecule has 172 valence electrons. The number of rotatable bonds is 5. The quantitative estimate of drug-likeness (QED) is 0.473. The Morgan fingerprint density at radius 3 is 2.66 bits per heavy atom. The van der Waals surface area contributed by atoms with Crippen LogP contribution in [0.2, 0.25) is 0 Å². The summed E-state index contributed by atoms with van der Waals surface area (Å²) < 4.78 is 20.1. The molecule has 3 aliphatic carbocycles. The zero-order valence-corrected chi connectivity index (χ0v) is 18.3. The van der Waals surface area contributed by atoms with Crippen LogP contribution in [0.5, 0.6) is 5.75 Å². The highest BCUT2D eigenvalue weighted by Crippen LogP contribution is 2.55. The largest absolute Gasteiger partial charge is 0.494 e. The van der Waals surface area contributed by atoms with Gasteiger partial charge in [-0.15, -0.1) is 0 Å². The Morgan fingerprint density at radius 1 is 1.34 bits per heavy atom. The molecule has 5 N–H and O–H groups in total. The number of halogens is 1. The predicted molar refractivity (Wildman–Crippen MR) is 119 cm³/mol. The summed E-state index contributed by atoms with van der Waals surface area (Å²) in [7, 11) is 1.54. The van der Waals surface area contributed by atoms with Gasteiger partial charge in [-0.05, 0) is 62.3 Å². The normalized spacial score (nSPS) is 30.8. The molecule has 7 nitrogen and oxygen atoms in total. The minimum absolute atomic E-state index is 0.0910. The lowest BCUT2D eigenvalue weighted by atomic mass is 9.80. The lowest BCUT2D eigenvalue weighted by molar-refractivity contribution is -0.132. The summed E-state index contributed by atoms with van der Waals surface area (Å²) in [4.78, 5) is 27.3. The number of anilines is 2. The highest BCUT2D eigenvalue weighted by Gasteiger charge is 2.50. The molecule has 4 atom stereocenters. The maximum absolute atomic E-state index is 14.2. The number of ketones is 1. The monoisotopic (exact) mass is 443 g/mol. The molecule has 4 aliphatic rings. The molecule has 8 heteroatoms. The first kappa shape index (κ1) is 21.2. The van der Waals surface area contributed by atoms with Crippen molar-refractivity contribution in [1.29, 1.82) is 0 Å².